The maximum atomic E-state index is 9.84. The number of nitrogens with zero attached hydrogens (tertiary/aromatic N) is 5. The van der Waals surface area contributed by atoms with Crippen LogP contribution in [0.5, 0.6) is 11.5 Å². The number of nitriles is 1. The predicted octanol–water partition coefficient (Wildman–Crippen LogP) is 5.41. The van der Waals surface area contributed by atoms with Crippen LogP contribution in [0.4, 0.5) is 11.4 Å². The molecule has 9 nitrogen and oxygen atoms in total. The molecular weight excluding hydrogens is 527 g/mol. The third-order valence-corrected chi connectivity index (χ3v) is 7.25. The molecule has 0 unspecified atom stereocenters. The molecule has 0 saturated carbocycles. The molecule has 196 valence electrons. The summed E-state index contributed by atoms with van der Waals surface area (Å²) in [6, 6.07) is 9.31. The Labute approximate surface area is 230 Å². The molecule has 0 amide bonds. The van der Waals surface area contributed by atoms with E-state index in [1.54, 1.807) is 19.2 Å². The van der Waals surface area contributed by atoms with E-state index in [9.17, 15) is 5.26 Å². The van der Waals surface area contributed by atoms with Crippen LogP contribution in [0.15, 0.2) is 36.7 Å². The van der Waals surface area contributed by atoms with E-state index in [1.807, 2.05) is 25.4 Å². The second-order valence-electron chi connectivity index (χ2n) is 8.83. The van der Waals surface area contributed by atoms with E-state index in [0.717, 1.165) is 49.9 Å². The van der Waals surface area contributed by atoms with Crippen molar-refractivity contribution in [3.05, 3.63) is 58.1 Å². The Morgan fingerprint density at radius 2 is 1.79 bits per heavy atom. The average Bonchev–Trinajstić information content (AvgIpc) is 3.29. The van der Waals surface area contributed by atoms with Crippen LogP contribution in [0.1, 0.15) is 11.4 Å². The monoisotopic (exact) mass is 552 g/mol. The maximum Gasteiger partial charge on any atom is 0.139 e. The number of morpholine rings is 1. The fourth-order valence-corrected chi connectivity index (χ4v) is 5.04. The van der Waals surface area contributed by atoms with E-state index in [-0.39, 0.29) is 0 Å². The predicted molar refractivity (Wildman–Crippen MR) is 148 cm³/mol. The summed E-state index contributed by atoms with van der Waals surface area (Å²) in [6.07, 6.45) is 3.39. The van der Waals surface area contributed by atoms with Gasteiger partial charge in [0.15, 0.2) is 0 Å². The quantitative estimate of drug-likeness (QED) is 0.325. The summed E-state index contributed by atoms with van der Waals surface area (Å²) in [5.41, 5.74) is 3.86. The van der Waals surface area contributed by atoms with E-state index >= 15 is 0 Å². The van der Waals surface area contributed by atoms with E-state index < -0.39 is 0 Å². The Kier molecular flexibility index (Phi) is 7.58. The zero-order valence-electron chi connectivity index (χ0n) is 21.2. The van der Waals surface area contributed by atoms with Gasteiger partial charge < -0.3 is 24.1 Å². The molecule has 0 atom stereocenters. The van der Waals surface area contributed by atoms with Gasteiger partial charge in [0.2, 0.25) is 0 Å². The van der Waals surface area contributed by atoms with Crippen LogP contribution in [0, 0.1) is 11.3 Å². The molecule has 0 aliphatic carbocycles. The lowest BCUT2D eigenvalue weighted by Crippen LogP contribution is -2.36. The highest BCUT2D eigenvalue weighted by atomic mass is 35.5. The average molecular weight is 553 g/mol. The Morgan fingerprint density at radius 3 is 2.50 bits per heavy atom. The maximum absolute atomic E-state index is 9.84. The lowest BCUT2D eigenvalue weighted by atomic mass is 10.0. The molecule has 38 heavy (non-hydrogen) atoms. The fraction of sp³-hybridized carbons (Fsp3) is 0.296. The molecule has 4 aromatic rings. The van der Waals surface area contributed by atoms with Gasteiger partial charge in [-0.25, -0.2) is 4.98 Å². The largest absolute Gasteiger partial charge is 0.496 e. The standard InChI is InChI=1S/C27H26Cl2N6O3/c1-34-23(14-32-26(34)15-35-4-6-38-7-5-35)18-8-21-17(9-24(18)36-2)27(16(12-30)13-31-21)33-22-11-25(37-3)20(29)10-19(22)28/h8-11,13-14H,4-7,15H2,1-3H3,(H,31,33). The minimum absolute atomic E-state index is 0.352. The van der Waals surface area contributed by atoms with Gasteiger partial charge in [-0.3, -0.25) is 9.88 Å². The Morgan fingerprint density at radius 1 is 1.03 bits per heavy atom. The number of rotatable bonds is 7. The number of halogens is 2. The minimum Gasteiger partial charge on any atom is -0.496 e. The Hall–Kier alpha value is -3.55. The van der Waals surface area contributed by atoms with Gasteiger partial charge in [0.25, 0.3) is 0 Å². The topological polar surface area (TPSA) is 97.5 Å². The summed E-state index contributed by atoms with van der Waals surface area (Å²) in [5.74, 6) is 2.03. The summed E-state index contributed by atoms with van der Waals surface area (Å²) in [6.45, 7) is 3.96. The second kappa shape index (κ2) is 11.1. The summed E-state index contributed by atoms with van der Waals surface area (Å²) in [5, 5.41) is 14.6. The Balaban J connectivity index is 1.58. The van der Waals surface area contributed by atoms with Gasteiger partial charge in [-0.15, -0.1) is 0 Å². The molecule has 3 heterocycles. The molecule has 0 radical (unpaired) electrons. The first-order valence-electron chi connectivity index (χ1n) is 12.0. The number of pyridine rings is 1. The number of aromatic nitrogens is 3. The molecule has 1 aliphatic heterocycles. The van der Waals surface area contributed by atoms with Crippen LogP contribution in [0.3, 0.4) is 0 Å². The highest BCUT2D eigenvalue weighted by Crippen LogP contribution is 2.41. The molecule has 1 aliphatic rings. The SMILES string of the molecule is COc1cc(Nc2c(C#N)cnc3cc(-c4cnc(CN5CCOCC5)n4C)c(OC)cc23)c(Cl)cc1Cl. The molecule has 2 aromatic heterocycles. The molecule has 2 aromatic carbocycles. The van der Waals surface area contributed by atoms with Crippen molar-refractivity contribution in [1.82, 2.24) is 19.4 Å². The van der Waals surface area contributed by atoms with Gasteiger partial charge >= 0.3 is 0 Å². The summed E-state index contributed by atoms with van der Waals surface area (Å²) >= 11 is 12.7. The first-order valence-corrected chi connectivity index (χ1v) is 12.7. The highest BCUT2D eigenvalue weighted by Gasteiger charge is 2.20. The van der Waals surface area contributed by atoms with Gasteiger partial charge in [0.05, 0.1) is 78.4 Å². The van der Waals surface area contributed by atoms with Crippen LogP contribution in [-0.2, 0) is 18.3 Å². The summed E-state index contributed by atoms with van der Waals surface area (Å²) < 4.78 is 18.7. The number of hydrogen-bond donors (Lipinski definition) is 1. The van der Waals surface area contributed by atoms with Crippen molar-refractivity contribution in [1.29, 1.82) is 5.26 Å². The van der Waals surface area contributed by atoms with Gasteiger partial charge in [0, 0.05) is 43.4 Å². The van der Waals surface area contributed by atoms with Crippen molar-refractivity contribution in [2.24, 2.45) is 7.05 Å². The van der Waals surface area contributed by atoms with Crippen LogP contribution >= 0.6 is 23.2 Å². The summed E-state index contributed by atoms with van der Waals surface area (Å²) in [7, 11) is 5.14. The smallest absolute Gasteiger partial charge is 0.139 e. The van der Waals surface area contributed by atoms with Crippen LogP contribution < -0.4 is 14.8 Å². The van der Waals surface area contributed by atoms with E-state index in [4.69, 9.17) is 37.4 Å². The molecule has 1 N–H and O–H groups in total. The van der Waals surface area contributed by atoms with Gasteiger partial charge in [-0.1, -0.05) is 23.2 Å². The van der Waals surface area contributed by atoms with Crippen LogP contribution in [0.25, 0.3) is 22.2 Å². The van der Waals surface area contributed by atoms with Crippen molar-refractivity contribution in [3.63, 3.8) is 0 Å². The van der Waals surface area contributed by atoms with Gasteiger partial charge in [0.1, 0.15) is 23.4 Å². The van der Waals surface area contributed by atoms with Crippen molar-refractivity contribution >= 4 is 45.5 Å². The molecule has 1 saturated heterocycles. The van der Waals surface area contributed by atoms with Crippen molar-refractivity contribution in [3.8, 4) is 28.8 Å². The third kappa shape index (κ3) is 4.96. The van der Waals surface area contributed by atoms with E-state index in [0.29, 0.717) is 49.4 Å². The number of imidazole rings is 1. The number of ether oxygens (including phenoxy) is 3. The summed E-state index contributed by atoms with van der Waals surface area (Å²) in [4.78, 5) is 11.6. The van der Waals surface area contributed by atoms with Crippen LogP contribution in [0.2, 0.25) is 10.0 Å². The van der Waals surface area contributed by atoms with Crippen molar-refractivity contribution < 1.29 is 14.2 Å². The van der Waals surface area contributed by atoms with E-state index in [1.165, 1.54) is 13.3 Å². The number of benzene rings is 2. The minimum atomic E-state index is 0.352. The highest BCUT2D eigenvalue weighted by molar-refractivity contribution is 6.37. The van der Waals surface area contributed by atoms with Gasteiger partial charge in [-0.05, 0) is 18.2 Å². The first kappa shape index (κ1) is 26.1. The third-order valence-electron chi connectivity index (χ3n) is 6.64. The molecule has 5 rings (SSSR count). The lowest BCUT2D eigenvalue weighted by Gasteiger charge is -2.26. The number of anilines is 2. The van der Waals surface area contributed by atoms with E-state index in [2.05, 4.69) is 30.8 Å². The molecule has 0 spiro atoms. The second-order valence-corrected chi connectivity index (χ2v) is 9.64. The molecule has 1 fully saturated rings. The number of nitrogens with one attached hydrogen (secondary N) is 1. The molecule has 11 heteroatoms. The number of fused-ring (bicyclic) bond motifs is 1. The van der Waals surface area contributed by atoms with Crippen molar-refractivity contribution in [2.75, 3.05) is 45.8 Å². The fourth-order valence-electron chi connectivity index (χ4n) is 4.53. The lowest BCUT2D eigenvalue weighted by molar-refractivity contribution is 0.0327. The first-order chi connectivity index (χ1) is 18.4. The van der Waals surface area contributed by atoms with Crippen molar-refractivity contribution in [2.45, 2.75) is 6.54 Å². The molecule has 0 bridgehead atoms. The normalized spacial score (nSPS) is 13.9. The number of hydrogen-bond acceptors (Lipinski definition) is 8. The van der Waals surface area contributed by atoms with Gasteiger partial charge in [-0.2, -0.15) is 5.26 Å². The Bertz CT molecular complexity index is 1540. The zero-order chi connectivity index (χ0) is 26.8. The van der Waals surface area contributed by atoms with Crippen LogP contribution in [-0.4, -0.2) is 60.0 Å². The number of methoxy groups -OCH3 is 2. The molecular formula is C27H26Cl2N6O3. The zero-order valence-corrected chi connectivity index (χ0v) is 22.7.